The van der Waals surface area contributed by atoms with Crippen LogP contribution in [-0.2, 0) is 15.3 Å². The molecule has 0 saturated carbocycles. The highest BCUT2D eigenvalue weighted by atomic mass is 79.9. The number of carbonyl (C=O) groups excluding carboxylic acids is 1. The van der Waals surface area contributed by atoms with Gasteiger partial charge in [-0.2, -0.15) is 4.98 Å². The third-order valence-electron chi connectivity index (χ3n) is 6.26. The number of benzene rings is 2. The Morgan fingerprint density at radius 2 is 2.10 bits per heavy atom. The molecule has 0 amide bonds. The highest BCUT2D eigenvalue weighted by Gasteiger charge is 2.36. The summed E-state index contributed by atoms with van der Waals surface area (Å²) in [4.78, 5) is 18.0. The molecule has 0 fully saturated rings. The van der Waals surface area contributed by atoms with E-state index in [1.807, 2.05) is 43.3 Å². The van der Waals surface area contributed by atoms with Crippen LogP contribution in [0.3, 0.4) is 0 Å². The molecular weight excluding hydrogens is 616 g/mol. The minimum Gasteiger partial charge on any atom is -0.493 e. The van der Waals surface area contributed by atoms with E-state index in [0.29, 0.717) is 55.7 Å². The van der Waals surface area contributed by atoms with Crippen LogP contribution in [-0.4, -0.2) is 41.1 Å². The van der Waals surface area contributed by atoms with Crippen LogP contribution in [0, 0.1) is 0 Å². The number of ether oxygens (including phenoxy) is 3. The summed E-state index contributed by atoms with van der Waals surface area (Å²) in [6.45, 7) is 8.29. The number of allylic oxidation sites excluding steroid dienone is 1. The summed E-state index contributed by atoms with van der Waals surface area (Å²) in [7, 11) is 1.59. The number of esters is 1. The number of nitrogens with zero attached hydrogens (tertiary/aromatic N) is 3. The van der Waals surface area contributed by atoms with Crippen LogP contribution in [0.15, 0.2) is 70.0 Å². The molecule has 0 radical (unpaired) electrons. The van der Waals surface area contributed by atoms with Crippen molar-refractivity contribution in [1.29, 1.82) is 0 Å². The van der Waals surface area contributed by atoms with Crippen molar-refractivity contribution in [3.8, 4) is 11.5 Å². The number of hydrogen-bond acceptors (Lipinski definition) is 8. The second-order valence-corrected chi connectivity index (χ2v) is 11.3. The van der Waals surface area contributed by atoms with Gasteiger partial charge in [0, 0.05) is 16.5 Å². The lowest BCUT2D eigenvalue weighted by molar-refractivity contribution is -0.138. The summed E-state index contributed by atoms with van der Waals surface area (Å²) < 4.78 is 19.7. The van der Waals surface area contributed by atoms with E-state index >= 15 is 0 Å². The van der Waals surface area contributed by atoms with E-state index in [4.69, 9.17) is 35.9 Å². The molecule has 0 spiro atoms. The highest BCUT2D eigenvalue weighted by molar-refractivity contribution is 9.10. The molecule has 1 N–H and O–H groups in total. The van der Waals surface area contributed by atoms with Crippen LogP contribution in [0.1, 0.15) is 50.3 Å². The summed E-state index contributed by atoms with van der Waals surface area (Å²) in [5.41, 5.74) is 2.77. The topological polar surface area (TPSA) is 87.5 Å². The zero-order chi connectivity index (χ0) is 28.6. The van der Waals surface area contributed by atoms with Crippen molar-refractivity contribution in [2.45, 2.75) is 50.1 Å². The first-order valence-electron chi connectivity index (χ1n) is 13.0. The van der Waals surface area contributed by atoms with E-state index in [0.717, 1.165) is 30.4 Å². The fourth-order valence-electron chi connectivity index (χ4n) is 4.30. The molecular formula is C29H32BrClN4O4S. The van der Waals surface area contributed by atoms with Gasteiger partial charge in [0.05, 0.1) is 23.8 Å². The molecule has 40 heavy (non-hydrogen) atoms. The van der Waals surface area contributed by atoms with E-state index < -0.39 is 12.0 Å². The molecule has 0 bridgehead atoms. The second kappa shape index (κ2) is 14.1. The Hall–Kier alpha value is -2.95. The van der Waals surface area contributed by atoms with Gasteiger partial charge < -0.3 is 19.5 Å². The largest absolute Gasteiger partial charge is 0.493 e. The van der Waals surface area contributed by atoms with Gasteiger partial charge in [-0.05, 0) is 58.6 Å². The molecule has 1 aromatic heterocycles. The number of thioether (sulfide) groups is 1. The minimum atomic E-state index is -0.630. The number of aromatic nitrogens is 3. The second-order valence-electron chi connectivity index (χ2n) is 9.09. The molecule has 11 heteroatoms. The SMILES string of the molecule is C=CCOC(=O)C1=C(C)Nc2nc(SCc3ccccc3Cl)nn2C1c1cc(Br)c(OCCCCC)c(OC)c1. The molecule has 4 rings (SSSR count). The summed E-state index contributed by atoms with van der Waals surface area (Å²) in [5.74, 6) is 1.79. The lowest BCUT2D eigenvalue weighted by Gasteiger charge is -2.28. The highest BCUT2D eigenvalue weighted by Crippen LogP contribution is 2.43. The molecule has 0 aliphatic carbocycles. The lowest BCUT2D eigenvalue weighted by atomic mass is 9.95. The summed E-state index contributed by atoms with van der Waals surface area (Å²) >= 11 is 11.5. The van der Waals surface area contributed by atoms with Gasteiger partial charge in [-0.25, -0.2) is 9.48 Å². The number of halogens is 2. The lowest BCUT2D eigenvalue weighted by Crippen LogP contribution is -2.29. The molecule has 0 saturated heterocycles. The smallest absolute Gasteiger partial charge is 0.338 e. The Kier molecular flexibility index (Phi) is 10.6. The van der Waals surface area contributed by atoms with Crippen molar-refractivity contribution >= 4 is 51.2 Å². The molecule has 1 unspecified atom stereocenters. The molecule has 1 atom stereocenters. The standard InChI is InChI=1S/C29H32BrClN4O4S/c1-5-7-10-14-38-26-21(30)15-20(16-23(26)37-4)25-24(27(36)39-13-6-2)18(3)32-28-33-29(34-35(25)28)40-17-19-11-8-9-12-22(19)31/h6,8-9,11-12,15-16,25H,2,5,7,10,13-14,17H2,1,3-4H3,(H,32,33,34). The van der Waals surface area contributed by atoms with Gasteiger partial charge in [0.15, 0.2) is 11.5 Å². The van der Waals surface area contributed by atoms with Crippen molar-refractivity contribution in [2.24, 2.45) is 0 Å². The van der Waals surface area contributed by atoms with Crippen molar-refractivity contribution in [1.82, 2.24) is 14.8 Å². The maximum Gasteiger partial charge on any atom is 0.338 e. The zero-order valence-corrected chi connectivity index (χ0v) is 25.9. The van der Waals surface area contributed by atoms with Gasteiger partial charge >= 0.3 is 5.97 Å². The number of anilines is 1. The minimum absolute atomic E-state index is 0.0863. The van der Waals surface area contributed by atoms with Crippen molar-refractivity contribution in [2.75, 3.05) is 25.6 Å². The van der Waals surface area contributed by atoms with Crippen molar-refractivity contribution in [3.63, 3.8) is 0 Å². The first-order chi connectivity index (χ1) is 19.4. The predicted molar refractivity (Wildman–Crippen MR) is 162 cm³/mol. The number of rotatable bonds is 13. The van der Waals surface area contributed by atoms with Gasteiger partial charge in [0.2, 0.25) is 11.1 Å². The predicted octanol–water partition coefficient (Wildman–Crippen LogP) is 7.58. The van der Waals surface area contributed by atoms with E-state index in [2.05, 4.69) is 34.7 Å². The zero-order valence-electron chi connectivity index (χ0n) is 22.7. The van der Waals surface area contributed by atoms with E-state index in [1.54, 1.807) is 11.8 Å². The number of carbonyl (C=O) groups is 1. The number of fused-ring (bicyclic) bond motifs is 1. The normalized spacial score (nSPS) is 14.4. The average molecular weight is 648 g/mol. The van der Waals surface area contributed by atoms with Crippen LogP contribution < -0.4 is 14.8 Å². The Balaban J connectivity index is 1.72. The first kappa shape index (κ1) is 30.0. The van der Waals surface area contributed by atoms with Gasteiger partial charge in [0.25, 0.3) is 0 Å². The monoisotopic (exact) mass is 646 g/mol. The third kappa shape index (κ3) is 6.85. The fourth-order valence-corrected chi connectivity index (χ4v) is 5.99. The molecule has 2 aromatic carbocycles. The average Bonchev–Trinajstić information content (AvgIpc) is 3.35. The molecule has 8 nitrogen and oxygen atoms in total. The Bertz CT molecular complexity index is 1410. The molecule has 2 heterocycles. The van der Waals surface area contributed by atoms with Crippen LogP contribution >= 0.6 is 39.3 Å². The first-order valence-corrected chi connectivity index (χ1v) is 15.1. The Labute approximate surface area is 252 Å². The maximum absolute atomic E-state index is 13.3. The molecule has 1 aliphatic heterocycles. The van der Waals surface area contributed by atoms with Crippen LogP contribution in [0.5, 0.6) is 11.5 Å². The van der Waals surface area contributed by atoms with Crippen LogP contribution in [0.25, 0.3) is 0 Å². The summed E-state index contributed by atoms with van der Waals surface area (Å²) in [5, 5.41) is 9.25. The van der Waals surface area contributed by atoms with Crippen LogP contribution in [0.2, 0.25) is 5.02 Å². The quantitative estimate of drug-likeness (QED) is 0.0879. The van der Waals surface area contributed by atoms with Crippen molar-refractivity contribution < 1.29 is 19.0 Å². The molecule has 3 aromatic rings. The summed E-state index contributed by atoms with van der Waals surface area (Å²) in [6, 6.07) is 10.8. The maximum atomic E-state index is 13.3. The molecule has 212 valence electrons. The van der Waals surface area contributed by atoms with Gasteiger partial charge in [-0.1, -0.05) is 74.0 Å². The number of methoxy groups -OCH3 is 1. The van der Waals surface area contributed by atoms with Gasteiger partial charge in [-0.15, -0.1) is 5.10 Å². The summed E-state index contributed by atoms with van der Waals surface area (Å²) in [6.07, 6.45) is 4.67. The van der Waals surface area contributed by atoms with Gasteiger partial charge in [-0.3, -0.25) is 0 Å². The third-order valence-corrected chi connectivity index (χ3v) is 8.11. The number of hydrogen-bond donors (Lipinski definition) is 1. The molecule has 1 aliphatic rings. The number of nitrogens with one attached hydrogen (secondary N) is 1. The van der Waals surface area contributed by atoms with E-state index in [9.17, 15) is 4.79 Å². The van der Waals surface area contributed by atoms with Gasteiger partial charge in [0.1, 0.15) is 12.6 Å². The van der Waals surface area contributed by atoms with E-state index in [-0.39, 0.29) is 6.61 Å². The Morgan fingerprint density at radius 1 is 1.30 bits per heavy atom. The van der Waals surface area contributed by atoms with Crippen LogP contribution in [0.4, 0.5) is 5.95 Å². The van der Waals surface area contributed by atoms with E-state index in [1.165, 1.54) is 17.8 Å². The van der Waals surface area contributed by atoms with Crippen molar-refractivity contribution in [3.05, 3.63) is 80.9 Å². The number of unbranched alkanes of at least 4 members (excludes halogenated alkanes) is 2. The fraction of sp³-hybridized carbons (Fsp3) is 0.345. The Morgan fingerprint density at radius 3 is 2.83 bits per heavy atom.